The van der Waals surface area contributed by atoms with Gasteiger partial charge in [0, 0.05) is 19.6 Å². The highest BCUT2D eigenvalue weighted by molar-refractivity contribution is 4.53. The lowest BCUT2D eigenvalue weighted by Gasteiger charge is -2.15. The van der Waals surface area contributed by atoms with Crippen LogP contribution in [0.25, 0.3) is 0 Å². The van der Waals surface area contributed by atoms with Gasteiger partial charge in [0.15, 0.2) is 0 Å². The van der Waals surface area contributed by atoms with Crippen molar-refractivity contribution in [1.82, 2.24) is 15.8 Å². The summed E-state index contributed by atoms with van der Waals surface area (Å²) >= 11 is 0. The summed E-state index contributed by atoms with van der Waals surface area (Å²) < 4.78 is 0. The van der Waals surface area contributed by atoms with E-state index in [1.807, 2.05) is 7.05 Å². The number of nitrogens with zero attached hydrogens (tertiary/aromatic N) is 1. The van der Waals surface area contributed by atoms with E-state index in [-0.39, 0.29) is 0 Å². The average molecular weight is 159 g/mol. The van der Waals surface area contributed by atoms with Crippen molar-refractivity contribution >= 4 is 0 Å². The molecule has 0 aliphatic heterocycles. The maximum Gasteiger partial charge on any atom is 0.0139 e. The van der Waals surface area contributed by atoms with Gasteiger partial charge in [0.25, 0.3) is 0 Å². The van der Waals surface area contributed by atoms with Crippen molar-refractivity contribution in [2.24, 2.45) is 0 Å². The Morgan fingerprint density at radius 3 is 2.45 bits per heavy atom. The predicted octanol–water partition coefficient (Wildman–Crippen LogP) is 0.441. The van der Waals surface area contributed by atoms with Crippen LogP contribution in [0.3, 0.4) is 0 Å². The van der Waals surface area contributed by atoms with Gasteiger partial charge in [0.05, 0.1) is 0 Å². The fraction of sp³-hybridized carbons (Fsp3) is 1.00. The highest BCUT2D eigenvalue weighted by Gasteiger charge is 1.94. The second-order valence-corrected chi connectivity index (χ2v) is 3.11. The third-order valence-electron chi connectivity index (χ3n) is 1.60. The molecule has 3 heteroatoms. The smallest absolute Gasteiger partial charge is 0.0139 e. The summed E-state index contributed by atoms with van der Waals surface area (Å²) in [5.74, 6) is 0. The van der Waals surface area contributed by atoms with Gasteiger partial charge < -0.3 is 5.32 Å². The minimum absolute atomic E-state index is 0.606. The molecule has 11 heavy (non-hydrogen) atoms. The van der Waals surface area contributed by atoms with E-state index in [2.05, 4.69) is 36.6 Å². The summed E-state index contributed by atoms with van der Waals surface area (Å²) in [5.41, 5.74) is 3.06. The molecule has 0 spiro atoms. The van der Waals surface area contributed by atoms with E-state index in [9.17, 15) is 0 Å². The lowest BCUT2D eigenvalue weighted by Crippen LogP contribution is -2.34. The SMILES string of the molecule is CNN(C)CCCNC(C)C. The van der Waals surface area contributed by atoms with Gasteiger partial charge in [-0.15, -0.1) is 0 Å². The molecule has 0 aromatic heterocycles. The Morgan fingerprint density at radius 2 is 2.00 bits per heavy atom. The molecule has 2 N–H and O–H groups in total. The molecule has 0 atom stereocenters. The van der Waals surface area contributed by atoms with Gasteiger partial charge in [-0.25, -0.2) is 5.01 Å². The molecule has 0 saturated carbocycles. The van der Waals surface area contributed by atoms with E-state index < -0.39 is 0 Å². The molecule has 68 valence electrons. The Labute approximate surface area is 70.1 Å². The molecular formula is C8H21N3. The van der Waals surface area contributed by atoms with E-state index in [1.54, 1.807) is 0 Å². The zero-order valence-electron chi connectivity index (χ0n) is 8.15. The normalized spacial score (nSPS) is 11.5. The zero-order chi connectivity index (χ0) is 8.69. The molecule has 0 aliphatic rings. The van der Waals surface area contributed by atoms with Crippen molar-refractivity contribution in [3.8, 4) is 0 Å². The molecule has 0 bridgehead atoms. The average Bonchev–Trinajstić information content (AvgIpc) is 1.97. The molecule has 0 aliphatic carbocycles. The van der Waals surface area contributed by atoms with Gasteiger partial charge in [0.2, 0.25) is 0 Å². The molecule has 0 aromatic rings. The van der Waals surface area contributed by atoms with Crippen LogP contribution in [0, 0.1) is 0 Å². The first-order chi connectivity index (χ1) is 5.16. The standard InChI is InChI=1S/C8H21N3/c1-8(2)10-6-5-7-11(4)9-3/h8-10H,5-7H2,1-4H3. The number of nitrogens with one attached hydrogen (secondary N) is 2. The van der Waals surface area contributed by atoms with Crippen LogP contribution in [0.15, 0.2) is 0 Å². The summed E-state index contributed by atoms with van der Waals surface area (Å²) in [6, 6.07) is 0.606. The van der Waals surface area contributed by atoms with Crippen LogP contribution in [0.5, 0.6) is 0 Å². The molecule has 0 rings (SSSR count). The van der Waals surface area contributed by atoms with E-state index in [4.69, 9.17) is 0 Å². The maximum absolute atomic E-state index is 3.37. The molecule has 0 heterocycles. The monoisotopic (exact) mass is 159 g/mol. The third kappa shape index (κ3) is 7.78. The minimum Gasteiger partial charge on any atom is -0.314 e. The van der Waals surface area contributed by atoms with Crippen molar-refractivity contribution in [3.63, 3.8) is 0 Å². The molecule has 0 amide bonds. The summed E-state index contributed by atoms with van der Waals surface area (Å²) in [6.45, 7) is 6.53. The van der Waals surface area contributed by atoms with Crippen molar-refractivity contribution in [3.05, 3.63) is 0 Å². The zero-order valence-corrected chi connectivity index (χ0v) is 8.15. The molecule has 0 radical (unpaired) electrons. The van der Waals surface area contributed by atoms with Gasteiger partial charge in [-0.1, -0.05) is 13.8 Å². The number of hydrogen-bond donors (Lipinski definition) is 2. The van der Waals surface area contributed by atoms with Crippen molar-refractivity contribution in [2.75, 3.05) is 27.2 Å². The molecule has 0 saturated heterocycles. The van der Waals surface area contributed by atoms with E-state index in [1.165, 1.54) is 6.42 Å². The van der Waals surface area contributed by atoms with Gasteiger partial charge in [-0.05, 0) is 20.0 Å². The molecule has 0 aromatic carbocycles. The fourth-order valence-corrected chi connectivity index (χ4v) is 0.819. The van der Waals surface area contributed by atoms with Crippen LogP contribution >= 0.6 is 0 Å². The topological polar surface area (TPSA) is 27.3 Å². The van der Waals surface area contributed by atoms with Crippen molar-refractivity contribution < 1.29 is 0 Å². The lowest BCUT2D eigenvalue weighted by molar-refractivity contribution is 0.255. The predicted molar refractivity (Wildman–Crippen MR) is 49.4 cm³/mol. The summed E-state index contributed by atoms with van der Waals surface area (Å²) in [7, 11) is 3.99. The number of hydrazine groups is 1. The third-order valence-corrected chi connectivity index (χ3v) is 1.60. The molecule has 0 unspecified atom stereocenters. The Bertz CT molecular complexity index is 83.4. The van der Waals surface area contributed by atoms with Crippen molar-refractivity contribution in [1.29, 1.82) is 0 Å². The van der Waals surface area contributed by atoms with Crippen LogP contribution in [-0.2, 0) is 0 Å². The van der Waals surface area contributed by atoms with Crippen LogP contribution < -0.4 is 10.7 Å². The number of rotatable bonds is 6. The first kappa shape index (κ1) is 10.9. The molecule has 0 fully saturated rings. The Kier molecular flexibility index (Phi) is 6.51. The van der Waals surface area contributed by atoms with Crippen LogP contribution in [-0.4, -0.2) is 38.2 Å². The largest absolute Gasteiger partial charge is 0.314 e. The maximum atomic E-state index is 3.37. The van der Waals surface area contributed by atoms with E-state index >= 15 is 0 Å². The van der Waals surface area contributed by atoms with Crippen LogP contribution in [0.1, 0.15) is 20.3 Å². The molecule has 3 nitrogen and oxygen atoms in total. The summed E-state index contributed by atoms with van der Waals surface area (Å²) in [5, 5.41) is 5.46. The Hall–Kier alpha value is -0.120. The van der Waals surface area contributed by atoms with Gasteiger partial charge in [-0.3, -0.25) is 5.43 Å². The first-order valence-electron chi connectivity index (χ1n) is 4.28. The van der Waals surface area contributed by atoms with E-state index in [0.717, 1.165) is 13.1 Å². The highest BCUT2D eigenvalue weighted by atomic mass is 15.5. The number of hydrogen-bond acceptors (Lipinski definition) is 3. The van der Waals surface area contributed by atoms with Gasteiger partial charge in [0.1, 0.15) is 0 Å². The summed E-state index contributed by atoms with van der Waals surface area (Å²) in [4.78, 5) is 0. The second kappa shape index (κ2) is 6.58. The van der Waals surface area contributed by atoms with Gasteiger partial charge >= 0.3 is 0 Å². The first-order valence-corrected chi connectivity index (χ1v) is 4.28. The Morgan fingerprint density at radius 1 is 1.36 bits per heavy atom. The van der Waals surface area contributed by atoms with Crippen LogP contribution in [0.2, 0.25) is 0 Å². The molecular weight excluding hydrogens is 138 g/mol. The fourth-order valence-electron chi connectivity index (χ4n) is 0.819. The second-order valence-electron chi connectivity index (χ2n) is 3.11. The summed E-state index contributed by atoms with van der Waals surface area (Å²) in [6.07, 6.45) is 1.19. The van der Waals surface area contributed by atoms with Gasteiger partial charge in [-0.2, -0.15) is 0 Å². The lowest BCUT2D eigenvalue weighted by atomic mass is 10.3. The quantitative estimate of drug-likeness (QED) is 0.435. The van der Waals surface area contributed by atoms with E-state index in [0.29, 0.717) is 6.04 Å². The van der Waals surface area contributed by atoms with Crippen LogP contribution in [0.4, 0.5) is 0 Å². The highest BCUT2D eigenvalue weighted by Crippen LogP contribution is 1.82. The Balaban J connectivity index is 3.01. The van der Waals surface area contributed by atoms with Crippen molar-refractivity contribution in [2.45, 2.75) is 26.3 Å². The minimum atomic E-state index is 0.606.